The molecule has 6 heteroatoms. The Bertz CT molecular complexity index is 468. The Labute approximate surface area is 105 Å². The molecule has 4 N–H and O–H groups in total. The smallest absolute Gasteiger partial charge is 0.247 e. The molecule has 6 nitrogen and oxygen atoms in total. The zero-order valence-corrected chi connectivity index (χ0v) is 10.0. The van der Waals surface area contributed by atoms with Gasteiger partial charge in [-0.25, -0.2) is 0 Å². The molecule has 1 unspecified atom stereocenters. The molecule has 0 bridgehead atoms. The average Bonchev–Trinajstić information content (AvgIpc) is 2.38. The molecule has 0 saturated carbocycles. The Balaban J connectivity index is 2.59. The SMILES string of the molecule is COc1cc(CNCC(O)C(N)=O)ccc1C#N. The molecule has 0 spiro atoms. The van der Waals surface area contributed by atoms with Crippen LogP contribution in [0, 0.1) is 11.3 Å². The second kappa shape index (κ2) is 6.59. The monoisotopic (exact) mass is 249 g/mol. The third kappa shape index (κ3) is 3.73. The van der Waals surface area contributed by atoms with Crippen LogP contribution in [0.4, 0.5) is 0 Å². The fourth-order valence-electron chi connectivity index (χ4n) is 1.39. The fraction of sp³-hybridized carbons (Fsp3) is 0.333. The summed E-state index contributed by atoms with van der Waals surface area (Å²) in [7, 11) is 1.49. The molecule has 1 atom stereocenters. The van der Waals surface area contributed by atoms with Crippen molar-refractivity contribution in [2.24, 2.45) is 5.73 Å². The molecule has 0 aliphatic carbocycles. The number of methoxy groups -OCH3 is 1. The predicted octanol–water partition coefficient (Wildman–Crippen LogP) is -0.497. The van der Waals surface area contributed by atoms with Crippen LogP contribution in [0.25, 0.3) is 0 Å². The molecule has 1 amide bonds. The molecule has 1 rings (SSSR count). The maximum absolute atomic E-state index is 10.6. The number of ether oxygens (including phenoxy) is 1. The quantitative estimate of drug-likeness (QED) is 0.630. The van der Waals surface area contributed by atoms with Gasteiger partial charge in [-0.15, -0.1) is 0 Å². The van der Waals surface area contributed by atoms with Gasteiger partial charge in [0.15, 0.2) is 0 Å². The van der Waals surface area contributed by atoms with Crippen molar-refractivity contribution in [1.29, 1.82) is 5.26 Å². The maximum Gasteiger partial charge on any atom is 0.247 e. The maximum atomic E-state index is 10.6. The molecular formula is C12H15N3O3. The first kappa shape index (κ1) is 14.0. The largest absolute Gasteiger partial charge is 0.495 e. The topological polar surface area (TPSA) is 108 Å². The number of amides is 1. The number of nitrogens with two attached hydrogens (primary N) is 1. The van der Waals surface area contributed by atoms with Gasteiger partial charge in [-0.2, -0.15) is 5.26 Å². The number of rotatable bonds is 6. The van der Waals surface area contributed by atoms with Crippen molar-refractivity contribution in [3.05, 3.63) is 29.3 Å². The van der Waals surface area contributed by atoms with Crippen LogP contribution in [0.15, 0.2) is 18.2 Å². The van der Waals surface area contributed by atoms with Gasteiger partial charge >= 0.3 is 0 Å². The highest BCUT2D eigenvalue weighted by molar-refractivity contribution is 5.78. The predicted molar refractivity (Wildman–Crippen MR) is 64.6 cm³/mol. The van der Waals surface area contributed by atoms with Gasteiger partial charge in [0.1, 0.15) is 17.9 Å². The van der Waals surface area contributed by atoms with E-state index in [1.54, 1.807) is 18.2 Å². The molecule has 18 heavy (non-hydrogen) atoms. The van der Waals surface area contributed by atoms with E-state index in [1.807, 2.05) is 6.07 Å². The van der Waals surface area contributed by atoms with Gasteiger partial charge in [-0.05, 0) is 17.7 Å². The fourth-order valence-corrected chi connectivity index (χ4v) is 1.39. The highest BCUT2D eigenvalue weighted by atomic mass is 16.5. The third-order valence-electron chi connectivity index (χ3n) is 2.38. The van der Waals surface area contributed by atoms with Gasteiger partial charge in [0.2, 0.25) is 5.91 Å². The Hall–Kier alpha value is -2.10. The summed E-state index contributed by atoms with van der Waals surface area (Å²) in [5.74, 6) is -0.271. The molecule has 0 aromatic heterocycles. The Morgan fingerprint density at radius 3 is 2.94 bits per heavy atom. The highest BCUT2D eigenvalue weighted by Crippen LogP contribution is 2.18. The van der Waals surface area contributed by atoms with Crippen LogP contribution in [0.1, 0.15) is 11.1 Å². The van der Waals surface area contributed by atoms with E-state index in [1.165, 1.54) is 7.11 Å². The van der Waals surface area contributed by atoms with Crippen LogP contribution >= 0.6 is 0 Å². The number of aliphatic hydroxyl groups excluding tert-OH is 1. The summed E-state index contributed by atoms with van der Waals surface area (Å²) in [5, 5.41) is 20.9. The van der Waals surface area contributed by atoms with E-state index in [2.05, 4.69) is 5.32 Å². The van der Waals surface area contributed by atoms with Crippen LogP contribution in [-0.4, -0.2) is 30.8 Å². The van der Waals surface area contributed by atoms with E-state index in [9.17, 15) is 9.90 Å². The molecule has 1 aromatic rings. The Kier molecular flexibility index (Phi) is 5.11. The van der Waals surface area contributed by atoms with Gasteiger partial charge in [-0.3, -0.25) is 4.79 Å². The molecule has 0 radical (unpaired) electrons. The number of nitrogens with one attached hydrogen (secondary N) is 1. The van der Waals surface area contributed by atoms with Crippen molar-refractivity contribution in [1.82, 2.24) is 5.32 Å². The van der Waals surface area contributed by atoms with E-state index in [-0.39, 0.29) is 6.54 Å². The minimum atomic E-state index is -1.20. The third-order valence-corrected chi connectivity index (χ3v) is 2.38. The van der Waals surface area contributed by atoms with Crippen molar-refractivity contribution < 1.29 is 14.6 Å². The molecular weight excluding hydrogens is 234 g/mol. The zero-order valence-electron chi connectivity index (χ0n) is 10.0. The van der Waals surface area contributed by atoms with Crippen LogP contribution in [0.3, 0.4) is 0 Å². The first-order valence-electron chi connectivity index (χ1n) is 5.33. The van der Waals surface area contributed by atoms with E-state index >= 15 is 0 Å². The van der Waals surface area contributed by atoms with Crippen LogP contribution in [-0.2, 0) is 11.3 Å². The molecule has 0 fully saturated rings. The summed E-state index contributed by atoms with van der Waals surface area (Å²) in [5.41, 5.74) is 6.25. The molecule has 0 heterocycles. The minimum Gasteiger partial charge on any atom is -0.495 e. The van der Waals surface area contributed by atoms with Gasteiger partial charge in [0.05, 0.1) is 12.7 Å². The Morgan fingerprint density at radius 2 is 2.39 bits per heavy atom. The van der Waals surface area contributed by atoms with Crippen molar-refractivity contribution in [3.8, 4) is 11.8 Å². The van der Waals surface area contributed by atoms with E-state index in [4.69, 9.17) is 15.7 Å². The van der Waals surface area contributed by atoms with Crippen molar-refractivity contribution in [2.45, 2.75) is 12.6 Å². The summed E-state index contributed by atoms with van der Waals surface area (Å²) in [6.45, 7) is 0.518. The number of hydrogen-bond acceptors (Lipinski definition) is 5. The summed E-state index contributed by atoms with van der Waals surface area (Å²) < 4.78 is 5.07. The Morgan fingerprint density at radius 1 is 1.67 bits per heavy atom. The number of aliphatic hydroxyl groups is 1. The summed E-state index contributed by atoms with van der Waals surface area (Å²) in [6, 6.07) is 7.16. The minimum absolute atomic E-state index is 0.0810. The second-order valence-corrected chi connectivity index (χ2v) is 3.70. The lowest BCUT2D eigenvalue weighted by atomic mass is 10.1. The van der Waals surface area contributed by atoms with Crippen LogP contribution in [0.2, 0.25) is 0 Å². The van der Waals surface area contributed by atoms with Crippen molar-refractivity contribution >= 4 is 5.91 Å². The summed E-state index contributed by atoms with van der Waals surface area (Å²) in [6.07, 6.45) is -1.20. The van der Waals surface area contributed by atoms with Gasteiger partial charge < -0.3 is 20.9 Å². The highest BCUT2D eigenvalue weighted by Gasteiger charge is 2.10. The molecule has 0 aliphatic heterocycles. The van der Waals surface area contributed by atoms with Crippen molar-refractivity contribution in [3.63, 3.8) is 0 Å². The lowest BCUT2D eigenvalue weighted by Crippen LogP contribution is -2.37. The van der Waals surface area contributed by atoms with Gasteiger partial charge in [0.25, 0.3) is 0 Å². The molecule has 96 valence electrons. The number of hydrogen-bond donors (Lipinski definition) is 3. The lowest BCUT2D eigenvalue weighted by Gasteiger charge is -2.09. The number of carbonyl (C=O) groups is 1. The van der Waals surface area contributed by atoms with Crippen LogP contribution < -0.4 is 15.8 Å². The van der Waals surface area contributed by atoms with E-state index in [0.29, 0.717) is 17.9 Å². The van der Waals surface area contributed by atoms with E-state index < -0.39 is 12.0 Å². The molecule has 1 aromatic carbocycles. The summed E-state index contributed by atoms with van der Waals surface area (Å²) >= 11 is 0. The normalized spacial score (nSPS) is 11.6. The standard InChI is InChI=1S/C12H15N3O3/c1-18-11-4-8(2-3-9(11)5-13)6-15-7-10(16)12(14)17/h2-4,10,15-16H,6-7H2,1H3,(H2,14,17). The van der Waals surface area contributed by atoms with Gasteiger partial charge in [0, 0.05) is 13.1 Å². The average molecular weight is 249 g/mol. The van der Waals surface area contributed by atoms with Crippen molar-refractivity contribution in [2.75, 3.05) is 13.7 Å². The number of nitrogens with zero attached hydrogens (tertiary/aromatic N) is 1. The first-order valence-corrected chi connectivity index (χ1v) is 5.33. The molecule has 0 saturated heterocycles. The number of primary amides is 1. The number of carbonyl (C=O) groups excluding carboxylic acids is 1. The first-order chi connectivity index (χ1) is 8.58. The molecule has 0 aliphatic rings. The zero-order chi connectivity index (χ0) is 13.5. The van der Waals surface area contributed by atoms with Crippen LogP contribution in [0.5, 0.6) is 5.75 Å². The van der Waals surface area contributed by atoms with Gasteiger partial charge in [-0.1, -0.05) is 6.07 Å². The van der Waals surface area contributed by atoms with E-state index in [0.717, 1.165) is 5.56 Å². The lowest BCUT2D eigenvalue weighted by molar-refractivity contribution is -0.125. The second-order valence-electron chi connectivity index (χ2n) is 3.70. The number of nitriles is 1. The number of benzene rings is 1. The summed E-state index contributed by atoms with van der Waals surface area (Å²) in [4.78, 5) is 10.6.